The van der Waals surface area contributed by atoms with E-state index in [0.717, 1.165) is 12.1 Å². The Kier molecular flexibility index (Phi) is 6.94. The predicted molar refractivity (Wildman–Crippen MR) is 71.6 cm³/mol. The quantitative estimate of drug-likeness (QED) is 0.830. The molecular formula is C13H17ClF3NO. The maximum absolute atomic E-state index is 12.5. The van der Waals surface area contributed by atoms with Crippen LogP contribution in [-0.4, -0.2) is 7.11 Å². The zero-order chi connectivity index (χ0) is 13.8. The molecule has 0 heterocycles. The summed E-state index contributed by atoms with van der Waals surface area (Å²) in [6.45, 7) is 3.58. The number of ether oxygens (including phenoxy) is 1. The molecule has 0 aliphatic rings. The third-order valence-electron chi connectivity index (χ3n) is 2.64. The Balaban J connectivity index is 0.00000324. The van der Waals surface area contributed by atoms with Crippen LogP contribution < -0.4 is 10.5 Å². The lowest BCUT2D eigenvalue weighted by atomic mass is 10.00. The van der Waals surface area contributed by atoms with Gasteiger partial charge in [0.1, 0.15) is 5.75 Å². The number of halogens is 4. The van der Waals surface area contributed by atoms with E-state index in [1.165, 1.54) is 13.2 Å². The van der Waals surface area contributed by atoms with Crippen LogP contribution in [0.4, 0.5) is 13.2 Å². The molecule has 0 fully saturated rings. The van der Waals surface area contributed by atoms with Crippen molar-refractivity contribution in [2.75, 3.05) is 7.11 Å². The van der Waals surface area contributed by atoms with Crippen LogP contribution in [-0.2, 0) is 6.18 Å². The van der Waals surface area contributed by atoms with Crippen LogP contribution in [0.25, 0.3) is 0 Å². The molecule has 1 atom stereocenters. The molecule has 0 bridgehead atoms. The smallest absolute Gasteiger partial charge is 0.416 e. The molecule has 1 rings (SSSR count). The zero-order valence-corrected chi connectivity index (χ0v) is 11.4. The fourth-order valence-corrected chi connectivity index (χ4v) is 1.65. The fraction of sp³-hybridized carbons (Fsp3) is 0.385. The van der Waals surface area contributed by atoms with E-state index in [1.54, 1.807) is 6.08 Å². The average molecular weight is 296 g/mol. The van der Waals surface area contributed by atoms with Gasteiger partial charge < -0.3 is 10.5 Å². The summed E-state index contributed by atoms with van der Waals surface area (Å²) < 4.78 is 42.6. The van der Waals surface area contributed by atoms with E-state index in [4.69, 9.17) is 10.5 Å². The molecule has 1 aromatic carbocycles. The third kappa shape index (κ3) is 4.76. The molecule has 2 N–H and O–H groups in total. The molecule has 19 heavy (non-hydrogen) atoms. The Labute approximate surface area is 116 Å². The molecule has 0 radical (unpaired) electrons. The van der Waals surface area contributed by atoms with E-state index in [0.29, 0.717) is 18.4 Å². The summed E-state index contributed by atoms with van der Waals surface area (Å²) in [5.74, 6) is 0.168. The average Bonchev–Trinajstić information content (AvgIpc) is 2.34. The number of alkyl halides is 3. The maximum atomic E-state index is 12.5. The summed E-state index contributed by atoms with van der Waals surface area (Å²) in [7, 11) is 1.33. The highest BCUT2D eigenvalue weighted by molar-refractivity contribution is 5.85. The van der Waals surface area contributed by atoms with Gasteiger partial charge in [-0.05, 0) is 25.0 Å². The van der Waals surface area contributed by atoms with Crippen molar-refractivity contribution in [3.63, 3.8) is 0 Å². The standard InChI is InChI=1S/C13H16F3NO.ClH/c1-3-4-5-11(17)10-7-6-9(13(14,15)16)8-12(10)18-2;/h3,6-8,11H,1,4-5,17H2,2H3;1H/t11-;/m0./s1. The van der Waals surface area contributed by atoms with E-state index in [1.807, 2.05) is 0 Å². The third-order valence-corrected chi connectivity index (χ3v) is 2.64. The highest BCUT2D eigenvalue weighted by atomic mass is 35.5. The van der Waals surface area contributed by atoms with E-state index in [-0.39, 0.29) is 24.2 Å². The second kappa shape index (κ2) is 7.40. The second-order valence-corrected chi connectivity index (χ2v) is 3.93. The lowest BCUT2D eigenvalue weighted by molar-refractivity contribution is -0.137. The number of methoxy groups -OCH3 is 1. The van der Waals surface area contributed by atoms with Crippen LogP contribution in [0.15, 0.2) is 30.9 Å². The first-order valence-electron chi connectivity index (χ1n) is 5.51. The molecule has 108 valence electrons. The lowest BCUT2D eigenvalue weighted by Crippen LogP contribution is -2.13. The topological polar surface area (TPSA) is 35.2 Å². The highest BCUT2D eigenvalue weighted by Crippen LogP contribution is 2.35. The van der Waals surface area contributed by atoms with Gasteiger partial charge in [0.2, 0.25) is 0 Å². The minimum Gasteiger partial charge on any atom is -0.496 e. The van der Waals surface area contributed by atoms with E-state index < -0.39 is 11.7 Å². The van der Waals surface area contributed by atoms with Gasteiger partial charge in [-0.3, -0.25) is 0 Å². The highest BCUT2D eigenvalue weighted by Gasteiger charge is 2.31. The number of hydrogen-bond acceptors (Lipinski definition) is 2. The molecular weight excluding hydrogens is 279 g/mol. The summed E-state index contributed by atoms with van der Waals surface area (Å²) in [6.07, 6.45) is -1.34. The van der Waals surface area contributed by atoms with Gasteiger partial charge in [-0.25, -0.2) is 0 Å². The second-order valence-electron chi connectivity index (χ2n) is 3.93. The van der Waals surface area contributed by atoms with Crippen molar-refractivity contribution >= 4 is 12.4 Å². The first kappa shape index (κ1) is 17.8. The molecule has 0 aliphatic carbocycles. The van der Waals surface area contributed by atoms with Gasteiger partial charge >= 0.3 is 6.18 Å². The van der Waals surface area contributed by atoms with Crippen LogP contribution in [0.1, 0.15) is 30.0 Å². The number of hydrogen-bond donors (Lipinski definition) is 1. The Morgan fingerprint density at radius 3 is 2.53 bits per heavy atom. The summed E-state index contributed by atoms with van der Waals surface area (Å²) in [5.41, 5.74) is 5.75. The molecule has 6 heteroatoms. The van der Waals surface area contributed by atoms with Crippen LogP contribution >= 0.6 is 12.4 Å². The number of rotatable bonds is 5. The molecule has 0 amide bonds. The Bertz CT molecular complexity index is 421. The van der Waals surface area contributed by atoms with E-state index in [9.17, 15) is 13.2 Å². The Hall–Kier alpha value is -1.20. The van der Waals surface area contributed by atoms with Gasteiger partial charge in [0.05, 0.1) is 12.7 Å². The van der Waals surface area contributed by atoms with Crippen molar-refractivity contribution in [1.82, 2.24) is 0 Å². The minimum absolute atomic E-state index is 0. The van der Waals surface area contributed by atoms with Crippen LogP contribution in [0.2, 0.25) is 0 Å². The molecule has 2 nitrogen and oxygen atoms in total. The molecule has 1 aromatic rings. The van der Waals surface area contributed by atoms with Crippen molar-refractivity contribution in [2.45, 2.75) is 25.1 Å². The van der Waals surface area contributed by atoms with Crippen LogP contribution in [0.3, 0.4) is 0 Å². The van der Waals surface area contributed by atoms with Gasteiger partial charge in [0, 0.05) is 11.6 Å². The van der Waals surface area contributed by atoms with Crippen molar-refractivity contribution < 1.29 is 17.9 Å². The van der Waals surface area contributed by atoms with Crippen molar-refractivity contribution in [1.29, 1.82) is 0 Å². The van der Waals surface area contributed by atoms with E-state index >= 15 is 0 Å². The molecule has 0 saturated carbocycles. The minimum atomic E-state index is -4.38. The fourth-order valence-electron chi connectivity index (χ4n) is 1.65. The van der Waals surface area contributed by atoms with E-state index in [2.05, 4.69) is 6.58 Å². The Morgan fingerprint density at radius 2 is 2.05 bits per heavy atom. The molecule has 0 unspecified atom stereocenters. The normalized spacial score (nSPS) is 12.5. The zero-order valence-electron chi connectivity index (χ0n) is 10.5. The van der Waals surface area contributed by atoms with Crippen molar-refractivity contribution in [3.05, 3.63) is 42.0 Å². The summed E-state index contributed by atoms with van der Waals surface area (Å²) >= 11 is 0. The number of nitrogens with two attached hydrogens (primary N) is 1. The number of benzene rings is 1. The van der Waals surface area contributed by atoms with Gasteiger partial charge in [-0.2, -0.15) is 13.2 Å². The maximum Gasteiger partial charge on any atom is 0.416 e. The number of allylic oxidation sites excluding steroid dienone is 1. The SMILES string of the molecule is C=CCC[C@H](N)c1ccc(C(F)(F)F)cc1OC.Cl. The monoisotopic (exact) mass is 295 g/mol. The molecule has 0 spiro atoms. The van der Waals surface area contributed by atoms with Gasteiger partial charge in [0.15, 0.2) is 0 Å². The van der Waals surface area contributed by atoms with Gasteiger partial charge in [-0.15, -0.1) is 19.0 Å². The predicted octanol–water partition coefficient (Wildman–Crippen LogP) is 4.10. The van der Waals surface area contributed by atoms with Crippen molar-refractivity contribution in [2.24, 2.45) is 5.73 Å². The lowest BCUT2D eigenvalue weighted by Gasteiger charge is -2.17. The van der Waals surface area contributed by atoms with Crippen LogP contribution in [0, 0.1) is 0 Å². The summed E-state index contributed by atoms with van der Waals surface area (Å²) in [6, 6.07) is 3.00. The van der Waals surface area contributed by atoms with Gasteiger partial charge in [-0.1, -0.05) is 12.1 Å². The first-order valence-corrected chi connectivity index (χ1v) is 5.51. The molecule has 0 saturated heterocycles. The van der Waals surface area contributed by atoms with Crippen LogP contribution in [0.5, 0.6) is 5.75 Å². The molecule has 0 aromatic heterocycles. The van der Waals surface area contributed by atoms with Gasteiger partial charge in [0.25, 0.3) is 0 Å². The summed E-state index contributed by atoms with van der Waals surface area (Å²) in [4.78, 5) is 0. The van der Waals surface area contributed by atoms with Crippen molar-refractivity contribution in [3.8, 4) is 5.75 Å². The first-order chi connectivity index (χ1) is 8.40. The summed E-state index contributed by atoms with van der Waals surface area (Å²) in [5, 5.41) is 0. The largest absolute Gasteiger partial charge is 0.496 e. The molecule has 0 aliphatic heterocycles. The Morgan fingerprint density at radius 1 is 1.42 bits per heavy atom.